The number of fused-ring (bicyclic) bond motifs is 2. The minimum Gasteiger partial charge on any atom is -0.478 e. The number of nitrogens with zero attached hydrogens (tertiary/aromatic N) is 1. The molecule has 2 aromatic rings. The highest BCUT2D eigenvalue weighted by molar-refractivity contribution is 9.11. The Morgan fingerprint density at radius 3 is 2.84 bits per heavy atom. The second-order valence-corrected chi connectivity index (χ2v) is 6.65. The van der Waals surface area contributed by atoms with Gasteiger partial charge in [0, 0.05) is 20.0 Å². The molecule has 3 rings (SSSR count). The Balaban J connectivity index is 2.49. The SMILES string of the molecule is CC1CCc2c1nc1c(Br)cc(Br)cc1c2C(=O)O. The van der Waals surface area contributed by atoms with E-state index in [1.807, 2.05) is 12.1 Å². The average Bonchev–Trinajstić information content (AvgIpc) is 2.68. The number of aromatic nitrogens is 1. The molecule has 0 saturated carbocycles. The fraction of sp³-hybridized carbons (Fsp3) is 0.286. The van der Waals surface area contributed by atoms with Crippen molar-refractivity contribution in [3.63, 3.8) is 0 Å². The van der Waals surface area contributed by atoms with Crippen LogP contribution in [0.2, 0.25) is 0 Å². The molecule has 0 amide bonds. The molecule has 1 aromatic heterocycles. The summed E-state index contributed by atoms with van der Waals surface area (Å²) >= 11 is 6.88. The molecule has 0 aliphatic heterocycles. The first-order valence-electron chi connectivity index (χ1n) is 6.04. The van der Waals surface area contributed by atoms with E-state index in [1.165, 1.54) is 0 Å². The fourth-order valence-corrected chi connectivity index (χ4v) is 4.07. The Hall–Kier alpha value is -0.940. The molecule has 5 heteroatoms. The van der Waals surface area contributed by atoms with Crippen LogP contribution in [0.5, 0.6) is 0 Å². The van der Waals surface area contributed by atoms with E-state index in [0.29, 0.717) is 16.9 Å². The first kappa shape index (κ1) is 13.1. The molecule has 0 fully saturated rings. The number of rotatable bonds is 1. The second-order valence-electron chi connectivity index (χ2n) is 4.88. The first-order valence-corrected chi connectivity index (χ1v) is 7.62. The molecule has 0 spiro atoms. The van der Waals surface area contributed by atoms with Crippen molar-refractivity contribution in [2.75, 3.05) is 0 Å². The van der Waals surface area contributed by atoms with Crippen LogP contribution in [0.1, 0.15) is 40.9 Å². The maximum absolute atomic E-state index is 11.6. The van der Waals surface area contributed by atoms with Crippen molar-refractivity contribution < 1.29 is 9.90 Å². The molecule has 98 valence electrons. The molecule has 1 aromatic carbocycles. The fourth-order valence-electron chi connectivity index (χ4n) is 2.75. The van der Waals surface area contributed by atoms with Crippen LogP contribution in [0.4, 0.5) is 0 Å². The molecule has 1 aliphatic rings. The summed E-state index contributed by atoms with van der Waals surface area (Å²) in [5.74, 6) is -0.546. The van der Waals surface area contributed by atoms with Gasteiger partial charge in [0.15, 0.2) is 0 Å². The molecule has 1 N–H and O–H groups in total. The van der Waals surface area contributed by atoms with Gasteiger partial charge in [-0.15, -0.1) is 0 Å². The topological polar surface area (TPSA) is 50.2 Å². The monoisotopic (exact) mass is 383 g/mol. The maximum atomic E-state index is 11.6. The van der Waals surface area contributed by atoms with Crippen molar-refractivity contribution in [1.82, 2.24) is 4.98 Å². The van der Waals surface area contributed by atoms with Gasteiger partial charge in [-0.1, -0.05) is 22.9 Å². The molecule has 0 bridgehead atoms. The van der Waals surface area contributed by atoms with Gasteiger partial charge in [-0.25, -0.2) is 4.79 Å². The lowest BCUT2D eigenvalue weighted by atomic mass is 10.0. The van der Waals surface area contributed by atoms with E-state index in [4.69, 9.17) is 0 Å². The number of aromatic carboxylic acids is 1. The normalized spacial score (nSPS) is 17.7. The average molecular weight is 385 g/mol. The Morgan fingerprint density at radius 2 is 2.16 bits per heavy atom. The van der Waals surface area contributed by atoms with E-state index in [0.717, 1.165) is 38.6 Å². The number of hydrogen-bond donors (Lipinski definition) is 1. The highest BCUT2D eigenvalue weighted by atomic mass is 79.9. The molecule has 1 atom stereocenters. The van der Waals surface area contributed by atoms with Crippen molar-refractivity contribution in [2.24, 2.45) is 0 Å². The Bertz CT molecular complexity index is 712. The Morgan fingerprint density at radius 1 is 1.42 bits per heavy atom. The van der Waals surface area contributed by atoms with Gasteiger partial charge in [0.1, 0.15) is 0 Å². The number of halogens is 2. The van der Waals surface area contributed by atoms with Gasteiger partial charge in [0.05, 0.1) is 11.1 Å². The van der Waals surface area contributed by atoms with Gasteiger partial charge in [-0.2, -0.15) is 0 Å². The van der Waals surface area contributed by atoms with E-state index < -0.39 is 5.97 Å². The number of hydrogen-bond acceptors (Lipinski definition) is 2. The maximum Gasteiger partial charge on any atom is 0.336 e. The van der Waals surface area contributed by atoms with E-state index >= 15 is 0 Å². The van der Waals surface area contributed by atoms with Crippen molar-refractivity contribution in [3.8, 4) is 0 Å². The smallest absolute Gasteiger partial charge is 0.336 e. The van der Waals surface area contributed by atoms with Gasteiger partial charge >= 0.3 is 5.97 Å². The molecule has 0 radical (unpaired) electrons. The third-order valence-electron chi connectivity index (χ3n) is 3.65. The van der Waals surface area contributed by atoms with Crippen LogP contribution in [-0.4, -0.2) is 16.1 Å². The van der Waals surface area contributed by atoms with Gasteiger partial charge in [-0.05, 0) is 52.4 Å². The van der Waals surface area contributed by atoms with Crippen LogP contribution < -0.4 is 0 Å². The van der Waals surface area contributed by atoms with E-state index in [2.05, 4.69) is 43.8 Å². The summed E-state index contributed by atoms with van der Waals surface area (Å²) in [5, 5.41) is 10.3. The lowest BCUT2D eigenvalue weighted by Gasteiger charge is -2.12. The van der Waals surface area contributed by atoms with Crippen LogP contribution in [-0.2, 0) is 6.42 Å². The quantitative estimate of drug-likeness (QED) is 0.786. The van der Waals surface area contributed by atoms with E-state index in [-0.39, 0.29) is 0 Å². The van der Waals surface area contributed by atoms with Gasteiger partial charge in [0.2, 0.25) is 0 Å². The number of carbonyl (C=O) groups is 1. The Kier molecular flexibility index (Phi) is 3.14. The molecule has 0 saturated heterocycles. The van der Waals surface area contributed by atoms with Gasteiger partial charge in [-0.3, -0.25) is 4.98 Å². The number of carboxylic acids is 1. The molecule has 1 heterocycles. The number of pyridine rings is 1. The summed E-state index contributed by atoms with van der Waals surface area (Å²) < 4.78 is 1.67. The summed E-state index contributed by atoms with van der Waals surface area (Å²) in [7, 11) is 0. The predicted octanol–water partition coefficient (Wildman–Crippen LogP) is 4.51. The first-order chi connectivity index (χ1) is 8.99. The summed E-state index contributed by atoms with van der Waals surface area (Å²) in [6, 6.07) is 3.73. The minimum atomic E-state index is -0.872. The summed E-state index contributed by atoms with van der Waals surface area (Å²) in [6.45, 7) is 2.10. The third kappa shape index (κ3) is 1.99. The third-order valence-corrected chi connectivity index (χ3v) is 4.71. The van der Waals surface area contributed by atoms with Crippen molar-refractivity contribution >= 4 is 48.7 Å². The predicted molar refractivity (Wildman–Crippen MR) is 80.8 cm³/mol. The van der Waals surface area contributed by atoms with E-state index in [9.17, 15) is 9.90 Å². The lowest BCUT2D eigenvalue weighted by molar-refractivity contribution is 0.0698. The van der Waals surface area contributed by atoms with Crippen LogP contribution in [0.3, 0.4) is 0 Å². The molecular formula is C14H11Br2NO2. The van der Waals surface area contributed by atoms with Gasteiger partial charge < -0.3 is 5.11 Å². The Labute approximate surface area is 127 Å². The zero-order chi connectivity index (χ0) is 13.7. The van der Waals surface area contributed by atoms with Crippen LogP contribution in [0.15, 0.2) is 21.1 Å². The van der Waals surface area contributed by atoms with Crippen LogP contribution in [0, 0.1) is 0 Å². The van der Waals surface area contributed by atoms with E-state index in [1.54, 1.807) is 0 Å². The van der Waals surface area contributed by atoms with Gasteiger partial charge in [0.25, 0.3) is 0 Å². The molecule has 1 unspecified atom stereocenters. The zero-order valence-electron chi connectivity index (χ0n) is 10.2. The van der Waals surface area contributed by atoms with Crippen molar-refractivity contribution in [1.29, 1.82) is 0 Å². The molecule has 1 aliphatic carbocycles. The number of benzene rings is 1. The van der Waals surface area contributed by atoms with Crippen LogP contribution >= 0.6 is 31.9 Å². The molecule has 19 heavy (non-hydrogen) atoms. The minimum absolute atomic E-state index is 0.327. The summed E-state index contributed by atoms with van der Waals surface area (Å²) in [4.78, 5) is 16.3. The highest BCUT2D eigenvalue weighted by Gasteiger charge is 2.28. The second kappa shape index (κ2) is 4.56. The number of carboxylic acid groups (broad SMARTS) is 1. The largest absolute Gasteiger partial charge is 0.478 e. The summed E-state index contributed by atoms with van der Waals surface area (Å²) in [6.07, 6.45) is 1.77. The van der Waals surface area contributed by atoms with Crippen molar-refractivity contribution in [3.05, 3.63) is 37.9 Å². The lowest BCUT2D eigenvalue weighted by Crippen LogP contribution is -2.06. The van der Waals surface area contributed by atoms with Crippen molar-refractivity contribution in [2.45, 2.75) is 25.7 Å². The summed E-state index contributed by atoms with van der Waals surface area (Å²) in [5.41, 5.74) is 2.98. The highest BCUT2D eigenvalue weighted by Crippen LogP contribution is 2.39. The standard InChI is InChI=1S/C14H11Br2NO2/c1-6-2-3-8-11(14(18)19)9-4-7(15)5-10(16)13(9)17-12(6)8/h4-6H,2-3H2,1H3,(H,18,19). The molecule has 3 nitrogen and oxygen atoms in total. The molecular weight excluding hydrogens is 374 g/mol. The zero-order valence-corrected chi connectivity index (χ0v) is 13.4. The van der Waals surface area contributed by atoms with Crippen LogP contribution in [0.25, 0.3) is 10.9 Å².